The second-order valence-electron chi connectivity index (χ2n) is 6.24. The quantitative estimate of drug-likeness (QED) is 0.737. The number of carbonyl (C=O) groups is 1. The Bertz CT molecular complexity index is 572. The number of anilines is 1. The van der Waals surface area contributed by atoms with Crippen LogP contribution in [0.5, 0.6) is 0 Å². The van der Waals surface area contributed by atoms with Crippen LogP contribution in [0.4, 0.5) is 19.0 Å². The van der Waals surface area contributed by atoms with Crippen LogP contribution in [0.25, 0.3) is 0 Å². The predicted molar refractivity (Wildman–Crippen MR) is 92.0 cm³/mol. The molecule has 1 unspecified atom stereocenters. The van der Waals surface area contributed by atoms with Crippen molar-refractivity contribution in [3.05, 3.63) is 23.9 Å². The summed E-state index contributed by atoms with van der Waals surface area (Å²) in [6.07, 6.45) is -2.75. The summed E-state index contributed by atoms with van der Waals surface area (Å²) in [5.74, 6) is 0.497. The number of methoxy groups -OCH3 is 1. The minimum atomic E-state index is -4.38. The molecule has 1 atom stereocenters. The molecule has 6 nitrogen and oxygen atoms in total. The van der Waals surface area contributed by atoms with Gasteiger partial charge >= 0.3 is 6.18 Å². The van der Waals surface area contributed by atoms with Crippen LogP contribution >= 0.6 is 0 Å². The van der Waals surface area contributed by atoms with Crippen LogP contribution in [0.1, 0.15) is 18.9 Å². The number of pyridine rings is 1. The Morgan fingerprint density at radius 2 is 2.00 bits per heavy atom. The van der Waals surface area contributed by atoms with Crippen LogP contribution in [-0.2, 0) is 15.7 Å². The minimum Gasteiger partial charge on any atom is -0.385 e. The Hall–Kier alpha value is -1.87. The molecule has 1 aromatic heterocycles. The SMILES string of the molecule is COCCCNC(=O)C(C)N1CCN(c2ccc(C(F)(F)F)cn2)CC1. The molecule has 26 heavy (non-hydrogen) atoms. The normalized spacial score (nSPS) is 17.2. The molecule has 0 bridgehead atoms. The van der Waals surface area contributed by atoms with E-state index in [0.29, 0.717) is 45.1 Å². The second-order valence-corrected chi connectivity index (χ2v) is 6.24. The fourth-order valence-corrected chi connectivity index (χ4v) is 2.82. The Morgan fingerprint density at radius 3 is 2.54 bits per heavy atom. The molecule has 146 valence electrons. The number of alkyl halides is 3. The lowest BCUT2D eigenvalue weighted by Crippen LogP contribution is -2.54. The molecule has 1 saturated heterocycles. The molecule has 1 amide bonds. The van der Waals surface area contributed by atoms with Crippen LogP contribution in [-0.4, -0.2) is 68.3 Å². The Balaban J connectivity index is 1.82. The largest absolute Gasteiger partial charge is 0.417 e. The summed E-state index contributed by atoms with van der Waals surface area (Å²) in [5, 5.41) is 2.88. The van der Waals surface area contributed by atoms with E-state index in [2.05, 4.69) is 15.2 Å². The van der Waals surface area contributed by atoms with E-state index in [4.69, 9.17) is 4.74 Å². The molecular formula is C17H25F3N4O2. The number of hydrogen-bond acceptors (Lipinski definition) is 5. The highest BCUT2D eigenvalue weighted by Gasteiger charge is 2.31. The zero-order valence-corrected chi connectivity index (χ0v) is 15.1. The van der Waals surface area contributed by atoms with Gasteiger partial charge in [0.2, 0.25) is 5.91 Å². The summed E-state index contributed by atoms with van der Waals surface area (Å²) in [6.45, 7) is 5.56. The lowest BCUT2D eigenvalue weighted by Gasteiger charge is -2.38. The molecule has 1 aromatic rings. The Labute approximate surface area is 151 Å². The molecule has 9 heteroatoms. The Morgan fingerprint density at radius 1 is 1.31 bits per heavy atom. The van der Waals surface area contributed by atoms with E-state index in [-0.39, 0.29) is 11.9 Å². The van der Waals surface area contributed by atoms with Crippen molar-refractivity contribution < 1.29 is 22.7 Å². The molecule has 0 aliphatic carbocycles. The number of nitrogens with zero attached hydrogens (tertiary/aromatic N) is 3. The van der Waals surface area contributed by atoms with Crippen LogP contribution in [0, 0.1) is 0 Å². The molecule has 0 spiro atoms. The summed E-state index contributed by atoms with van der Waals surface area (Å²) >= 11 is 0. The molecule has 0 aromatic carbocycles. The highest BCUT2D eigenvalue weighted by Crippen LogP contribution is 2.29. The van der Waals surface area contributed by atoms with Gasteiger partial charge < -0.3 is 15.0 Å². The summed E-state index contributed by atoms with van der Waals surface area (Å²) in [5.41, 5.74) is -0.751. The zero-order valence-electron chi connectivity index (χ0n) is 15.1. The van der Waals surface area contributed by atoms with Gasteiger partial charge in [-0.2, -0.15) is 13.2 Å². The third-order valence-electron chi connectivity index (χ3n) is 4.47. The molecule has 1 aliphatic heterocycles. The first-order valence-electron chi connectivity index (χ1n) is 8.62. The lowest BCUT2D eigenvalue weighted by molar-refractivity contribution is -0.137. The third kappa shape index (κ3) is 5.57. The molecule has 1 fully saturated rings. The van der Waals surface area contributed by atoms with Gasteiger partial charge in [-0.25, -0.2) is 4.98 Å². The molecule has 2 rings (SSSR count). The van der Waals surface area contributed by atoms with E-state index in [1.165, 1.54) is 6.07 Å². The lowest BCUT2D eigenvalue weighted by atomic mass is 10.2. The topological polar surface area (TPSA) is 57.7 Å². The molecule has 0 saturated carbocycles. The standard InChI is InChI=1S/C17H25F3N4O2/c1-13(16(25)21-6-3-11-26-2)23-7-9-24(10-8-23)15-5-4-14(12-22-15)17(18,19)20/h4-5,12-13H,3,6-11H2,1-2H3,(H,21,25). The van der Waals surface area contributed by atoms with E-state index in [1.54, 1.807) is 7.11 Å². The van der Waals surface area contributed by atoms with Crippen molar-refractivity contribution in [1.82, 2.24) is 15.2 Å². The molecule has 1 N–H and O–H groups in total. The average Bonchev–Trinajstić information content (AvgIpc) is 2.64. The van der Waals surface area contributed by atoms with Gasteiger partial charge in [-0.05, 0) is 25.5 Å². The Kier molecular flexibility index (Phi) is 7.22. The third-order valence-corrected chi connectivity index (χ3v) is 4.47. The average molecular weight is 374 g/mol. The van der Waals surface area contributed by atoms with Gasteiger partial charge in [-0.15, -0.1) is 0 Å². The number of piperazine rings is 1. The minimum absolute atomic E-state index is 0.0257. The number of amides is 1. The maximum absolute atomic E-state index is 12.6. The van der Waals surface area contributed by atoms with E-state index in [9.17, 15) is 18.0 Å². The van der Waals surface area contributed by atoms with Crippen molar-refractivity contribution in [2.75, 3.05) is 51.3 Å². The van der Waals surface area contributed by atoms with Crippen LogP contribution in [0.2, 0.25) is 0 Å². The first-order chi connectivity index (χ1) is 12.3. The number of ether oxygens (including phenoxy) is 1. The molecule has 2 heterocycles. The van der Waals surface area contributed by atoms with Gasteiger partial charge in [-0.1, -0.05) is 0 Å². The van der Waals surface area contributed by atoms with Gasteiger partial charge in [0.25, 0.3) is 0 Å². The van der Waals surface area contributed by atoms with E-state index in [0.717, 1.165) is 18.7 Å². The number of rotatable bonds is 7. The second kappa shape index (κ2) is 9.18. The van der Waals surface area contributed by atoms with Gasteiger partial charge in [0.1, 0.15) is 5.82 Å². The van der Waals surface area contributed by atoms with Crippen molar-refractivity contribution in [1.29, 1.82) is 0 Å². The fourth-order valence-electron chi connectivity index (χ4n) is 2.82. The monoisotopic (exact) mass is 374 g/mol. The van der Waals surface area contributed by atoms with Crippen molar-refractivity contribution in [2.24, 2.45) is 0 Å². The van der Waals surface area contributed by atoms with Crippen LogP contribution in [0.15, 0.2) is 18.3 Å². The number of nitrogens with one attached hydrogen (secondary N) is 1. The predicted octanol–water partition coefficient (Wildman–Crippen LogP) is 1.76. The van der Waals surface area contributed by atoms with Gasteiger partial charge in [0, 0.05) is 52.6 Å². The van der Waals surface area contributed by atoms with Gasteiger partial charge in [0.15, 0.2) is 0 Å². The van der Waals surface area contributed by atoms with Crippen molar-refractivity contribution in [3.63, 3.8) is 0 Å². The first kappa shape index (κ1) is 20.4. The van der Waals surface area contributed by atoms with E-state index < -0.39 is 11.7 Å². The molecule has 0 radical (unpaired) electrons. The maximum atomic E-state index is 12.6. The number of hydrogen-bond donors (Lipinski definition) is 1. The van der Waals surface area contributed by atoms with Gasteiger partial charge in [0.05, 0.1) is 11.6 Å². The highest BCUT2D eigenvalue weighted by molar-refractivity contribution is 5.81. The summed E-state index contributed by atoms with van der Waals surface area (Å²) in [6, 6.07) is 2.19. The van der Waals surface area contributed by atoms with Crippen molar-refractivity contribution in [3.8, 4) is 0 Å². The zero-order chi connectivity index (χ0) is 19.2. The molecular weight excluding hydrogens is 349 g/mol. The molecule has 1 aliphatic rings. The highest BCUT2D eigenvalue weighted by atomic mass is 19.4. The van der Waals surface area contributed by atoms with Gasteiger partial charge in [-0.3, -0.25) is 9.69 Å². The van der Waals surface area contributed by atoms with Crippen LogP contribution < -0.4 is 10.2 Å². The van der Waals surface area contributed by atoms with E-state index in [1.807, 2.05) is 11.8 Å². The number of aromatic nitrogens is 1. The number of halogens is 3. The van der Waals surface area contributed by atoms with Crippen molar-refractivity contribution >= 4 is 11.7 Å². The summed E-state index contributed by atoms with van der Waals surface area (Å²) < 4.78 is 42.8. The fraction of sp³-hybridized carbons (Fsp3) is 0.647. The van der Waals surface area contributed by atoms with Crippen molar-refractivity contribution in [2.45, 2.75) is 25.6 Å². The van der Waals surface area contributed by atoms with Crippen LogP contribution in [0.3, 0.4) is 0 Å². The smallest absolute Gasteiger partial charge is 0.385 e. The number of carbonyl (C=O) groups excluding carboxylic acids is 1. The summed E-state index contributed by atoms with van der Waals surface area (Å²) in [4.78, 5) is 20.1. The summed E-state index contributed by atoms with van der Waals surface area (Å²) in [7, 11) is 1.62. The first-order valence-corrected chi connectivity index (χ1v) is 8.62. The van der Waals surface area contributed by atoms with E-state index >= 15 is 0 Å². The maximum Gasteiger partial charge on any atom is 0.417 e.